The van der Waals surface area contributed by atoms with Crippen molar-refractivity contribution in [1.29, 1.82) is 0 Å². The van der Waals surface area contributed by atoms with Crippen LogP contribution in [0.3, 0.4) is 0 Å². The second kappa shape index (κ2) is 8.52. The van der Waals surface area contributed by atoms with Crippen molar-refractivity contribution in [2.45, 2.75) is 39.5 Å². The number of hydrogen-bond acceptors (Lipinski definition) is 5. The summed E-state index contributed by atoms with van der Waals surface area (Å²) >= 11 is 1.51. The van der Waals surface area contributed by atoms with Gasteiger partial charge in [0.15, 0.2) is 0 Å². The lowest BCUT2D eigenvalue weighted by Gasteiger charge is -2.20. The number of aromatic nitrogens is 2. The number of hydrogen-bond donors (Lipinski definition) is 1. The molecule has 27 heavy (non-hydrogen) atoms. The summed E-state index contributed by atoms with van der Waals surface area (Å²) in [5.74, 6) is 0.0201. The van der Waals surface area contributed by atoms with Gasteiger partial charge in [-0.1, -0.05) is 13.3 Å². The second-order valence-electron chi connectivity index (χ2n) is 6.72. The van der Waals surface area contributed by atoms with Crippen LogP contribution in [0.1, 0.15) is 53.1 Å². The van der Waals surface area contributed by atoms with Crippen LogP contribution in [0.4, 0.5) is 5.00 Å². The van der Waals surface area contributed by atoms with Gasteiger partial charge in [0, 0.05) is 29.8 Å². The average Bonchev–Trinajstić information content (AvgIpc) is 3.22. The highest BCUT2D eigenvalue weighted by Crippen LogP contribution is 2.40. The first kappa shape index (κ1) is 19.4. The molecule has 1 aliphatic carbocycles. The number of nitrogens with zero attached hydrogens (tertiary/aromatic N) is 2. The molecule has 0 saturated carbocycles. The van der Waals surface area contributed by atoms with Gasteiger partial charge in [0.1, 0.15) is 5.00 Å². The minimum atomic E-state index is -0.350. The molecule has 1 N–H and O–H groups in total. The summed E-state index contributed by atoms with van der Waals surface area (Å²) in [6.45, 7) is 4.30. The Morgan fingerprint density at radius 2 is 2.26 bits per heavy atom. The van der Waals surface area contributed by atoms with Crippen LogP contribution in [0.5, 0.6) is 0 Å². The summed E-state index contributed by atoms with van der Waals surface area (Å²) in [6, 6.07) is 0. The number of carbonyl (C=O) groups is 2. The number of fused-ring (bicyclic) bond motifs is 1. The number of esters is 1. The van der Waals surface area contributed by atoms with Crippen LogP contribution in [-0.2, 0) is 29.4 Å². The second-order valence-corrected chi connectivity index (χ2v) is 7.82. The zero-order chi connectivity index (χ0) is 19.4. The van der Waals surface area contributed by atoms with Crippen LogP contribution in [0.2, 0.25) is 0 Å². The molecule has 0 spiro atoms. The first-order chi connectivity index (χ1) is 13.0. The maximum atomic E-state index is 12.5. The molecule has 2 heterocycles. The van der Waals surface area contributed by atoms with E-state index in [0.29, 0.717) is 23.1 Å². The molecule has 1 amide bonds. The van der Waals surface area contributed by atoms with Gasteiger partial charge in [0.2, 0.25) is 5.91 Å². The maximum Gasteiger partial charge on any atom is 0.341 e. The van der Waals surface area contributed by atoms with Crippen molar-refractivity contribution in [3.05, 3.63) is 40.0 Å². The molecule has 1 aliphatic rings. The fourth-order valence-corrected chi connectivity index (χ4v) is 4.71. The first-order valence-corrected chi connectivity index (χ1v) is 10.1. The molecule has 2 aromatic heterocycles. The maximum absolute atomic E-state index is 12.5. The first-order valence-electron chi connectivity index (χ1n) is 9.31. The molecule has 0 radical (unpaired) electrons. The highest BCUT2D eigenvalue weighted by Gasteiger charge is 2.29. The standard InChI is InChI=1S/C20H25N3O3S/c1-4-13-6-8-15-16(10-13)27-19(18(15)20(25)26-5-2)22-17(24)9-7-14-11-21-23(3)12-14/h7,9,11-13H,4-6,8,10H2,1-3H3,(H,22,24)/b9-7+/t13-/m1/s1. The molecule has 144 valence electrons. The molecular weight excluding hydrogens is 362 g/mol. The molecule has 3 rings (SSSR count). The van der Waals surface area contributed by atoms with Crippen LogP contribution >= 0.6 is 11.3 Å². The number of amides is 1. The topological polar surface area (TPSA) is 73.2 Å². The summed E-state index contributed by atoms with van der Waals surface area (Å²) in [4.78, 5) is 26.1. The Bertz CT molecular complexity index is 866. The van der Waals surface area contributed by atoms with Gasteiger partial charge in [0.05, 0.1) is 18.4 Å². The Hall–Kier alpha value is -2.41. The van der Waals surface area contributed by atoms with Gasteiger partial charge >= 0.3 is 5.97 Å². The quantitative estimate of drug-likeness (QED) is 0.604. The van der Waals surface area contributed by atoms with Gasteiger partial charge < -0.3 is 10.1 Å². The molecule has 0 unspecified atom stereocenters. The number of carbonyl (C=O) groups excluding carboxylic acids is 2. The van der Waals surface area contributed by atoms with Crippen LogP contribution in [0.25, 0.3) is 6.08 Å². The molecule has 6 nitrogen and oxygen atoms in total. The Labute approximate surface area is 163 Å². The van der Waals surface area contributed by atoms with Gasteiger partial charge in [-0.05, 0) is 43.7 Å². The SMILES string of the molecule is CCOC(=O)c1c(NC(=O)/C=C/c2cnn(C)c2)sc2c1CC[C@@H](CC)C2. The van der Waals surface area contributed by atoms with Crippen LogP contribution < -0.4 is 5.32 Å². The third-order valence-electron chi connectivity index (χ3n) is 4.81. The summed E-state index contributed by atoms with van der Waals surface area (Å²) < 4.78 is 6.92. The van der Waals surface area contributed by atoms with Crippen molar-refractivity contribution < 1.29 is 14.3 Å². The summed E-state index contributed by atoms with van der Waals surface area (Å²) in [7, 11) is 1.82. The number of anilines is 1. The van der Waals surface area contributed by atoms with E-state index in [0.717, 1.165) is 36.8 Å². The fraction of sp³-hybridized carbons (Fsp3) is 0.450. The minimum Gasteiger partial charge on any atom is -0.462 e. The molecule has 0 aromatic carbocycles. The van der Waals surface area contributed by atoms with Crippen molar-refractivity contribution in [2.24, 2.45) is 13.0 Å². The molecule has 0 bridgehead atoms. The minimum absolute atomic E-state index is 0.268. The van der Waals surface area contributed by atoms with Crippen molar-refractivity contribution in [3.63, 3.8) is 0 Å². The lowest BCUT2D eigenvalue weighted by molar-refractivity contribution is -0.111. The van der Waals surface area contributed by atoms with E-state index in [-0.39, 0.29) is 11.9 Å². The highest BCUT2D eigenvalue weighted by atomic mass is 32.1. The smallest absolute Gasteiger partial charge is 0.341 e. The number of nitrogens with one attached hydrogen (secondary N) is 1. The molecule has 7 heteroatoms. The van der Waals surface area contributed by atoms with Crippen LogP contribution in [0, 0.1) is 5.92 Å². The number of rotatable bonds is 6. The van der Waals surface area contributed by atoms with Gasteiger partial charge in [0.25, 0.3) is 0 Å². The van der Waals surface area contributed by atoms with E-state index >= 15 is 0 Å². The van der Waals surface area contributed by atoms with E-state index in [9.17, 15) is 9.59 Å². The molecule has 1 atom stereocenters. The zero-order valence-corrected chi connectivity index (χ0v) is 16.8. The summed E-state index contributed by atoms with van der Waals surface area (Å²) in [5, 5.41) is 7.55. The molecule has 2 aromatic rings. The Kier molecular flexibility index (Phi) is 6.11. The van der Waals surface area contributed by atoms with Crippen LogP contribution in [-0.4, -0.2) is 28.3 Å². The van der Waals surface area contributed by atoms with Gasteiger partial charge in [-0.25, -0.2) is 4.79 Å². The number of ether oxygens (including phenoxy) is 1. The summed E-state index contributed by atoms with van der Waals surface area (Å²) in [5.41, 5.74) is 2.43. The Morgan fingerprint density at radius 3 is 2.93 bits per heavy atom. The van der Waals surface area contributed by atoms with E-state index < -0.39 is 0 Å². The highest BCUT2D eigenvalue weighted by molar-refractivity contribution is 7.17. The van der Waals surface area contributed by atoms with Gasteiger partial charge in [-0.15, -0.1) is 11.3 Å². The van der Waals surface area contributed by atoms with Crippen molar-refractivity contribution in [1.82, 2.24) is 9.78 Å². The van der Waals surface area contributed by atoms with Crippen molar-refractivity contribution in [3.8, 4) is 0 Å². The van der Waals surface area contributed by atoms with Gasteiger partial charge in [-0.2, -0.15) is 5.10 Å². The monoisotopic (exact) mass is 387 g/mol. The third-order valence-corrected chi connectivity index (χ3v) is 5.98. The molecular formula is C20H25N3O3S. The van der Waals surface area contributed by atoms with Gasteiger partial charge in [-0.3, -0.25) is 9.48 Å². The summed E-state index contributed by atoms with van der Waals surface area (Å²) in [6.07, 6.45) is 10.7. The van der Waals surface area contributed by atoms with Crippen molar-refractivity contribution >= 4 is 34.3 Å². The molecule has 0 saturated heterocycles. The van der Waals surface area contributed by atoms with E-state index in [1.165, 1.54) is 22.3 Å². The van der Waals surface area contributed by atoms with E-state index in [4.69, 9.17) is 4.74 Å². The van der Waals surface area contributed by atoms with Crippen LogP contribution in [0.15, 0.2) is 18.5 Å². The van der Waals surface area contributed by atoms with Crippen molar-refractivity contribution in [2.75, 3.05) is 11.9 Å². The number of thiophene rings is 1. The predicted octanol–water partition coefficient (Wildman–Crippen LogP) is 3.83. The lowest BCUT2D eigenvalue weighted by Crippen LogP contribution is -2.16. The molecule has 0 fully saturated rings. The lowest BCUT2D eigenvalue weighted by atomic mass is 9.85. The Balaban J connectivity index is 1.83. The number of aryl methyl sites for hydroxylation is 1. The Morgan fingerprint density at radius 1 is 1.44 bits per heavy atom. The van der Waals surface area contributed by atoms with E-state index in [1.54, 1.807) is 23.9 Å². The zero-order valence-electron chi connectivity index (χ0n) is 15.9. The predicted molar refractivity (Wildman–Crippen MR) is 107 cm³/mol. The average molecular weight is 388 g/mol. The molecule has 0 aliphatic heterocycles. The van der Waals surface area contributed by atoms with E-state index in [1.807, 2.05) is 13.2 Å². The largest absolute Gasteiger partial charge is 0.462 e. The van der Waals surface area contributed by atoms with E-state index in [2.05, 4.69) is 17.3 Å². The fourth-order valence-electron chi connectivity index (χ4n) is 3.36. The normalized spacial score (nSPS) is 16.3. The third kappa shape index (κ3) is 4.47.